The van der Waals surface area contributed by atoms with Crippen molar-refractivity contribution in [3.8, 4) is 0 Å². The van der Waals surface area contributed by atoms with Crippen LogP contribution in [0.25, 0.3) is 0 Å². The quantitative estimate of drug-likeness (QED) is 0.863. The van der Waals surface area contributed by atoms with Crippen LogP contribution in [-0.2, 0) is 5.41 Å². The molecule has 0 bridgehead atoms. The van der Waals surface area contributed by atoms with Crippen molar-refractivity contribution in [2.75, 3.05) is 6.61 Å². The summed E-state index contributed by atoms with van der Waals surface area (Å²) in [6.07, 6.45) is -0.261. The first kappa shape index (κ1) is 13.8. The molecule has 2 heteroatoms. The summed E-state index contributed by atoms with van der Waals surface area (Å²) in [4.78, 5) is 0. The molecular weight excluding hydrogens is 236 g/mol. The third kappa shape index (κ3) is 2.70. The Hall–Kier alpha value is -1.64. The fraction of sp³-hybridized carbons (Fsp3) is 0.294. The van der Waals surface area contributed by atoms with Gasteiger partial charge < -0.3 is 10.2 Å². The van der Waals surface area contributed by atoms with Gasteiger partial charge in [0, 0.05) is 12.0 Å². The highest BCUT2D eigenvalue weighted by molar-refractivity contribution is 5.39. The van der Waals surface area contributed by atoms with Gasteiger partial charge in [0.05, 0.1) is 6.10 Å². The molecule has 100 valence electrons. The second-order valence-electron chi connectivity index (χ2n) is 4.96. The highest BCUT2D eigenvalue weighted by atomic mass is 16.3. The van der Waals surface area contributed by atoms with Crippen LogP contribution in [0, 0.1) is 0 Å². The van der Waals surface area contributed by atoms with Crippen LogP contribution in [0.4, 0.5) is 0 Å². The van der Waals surface area contributed by atoms with Crippen molar-refractivity contribution < 1.29 is 10.2 Å². The Morgan fingerprint density at radius 2 is 1.32 bits per heavy atom. The smallest absolute Gasteiger partial charge is 0.0696 e. The second-order valence-corrected chi connectivity index (χ2v) is 4.96. The van der Waals surface area contributed by atoms with Crippen LogP contribution in [-0.4, -0.2) is 22.9 Å². The molecule has 0 saturated carbocycles. The van der Waals surface area contributed by atoms with E-state index in [1.165, 1.54) is 0 Å². The normalized spacial score (nSPS) is 13.2. The van der Waals surface area contributed by atoms with E-state index in [1.54, 1.807) is 0 Å². The van der Waals surface area contributed by atoms with Crippen LogP contribution in [0.3, 0.4) is 0 Å². The van der Waals surface area contributed by atoms with E-state index in [0.717, 1.165) is 11.1 Å². The van der Waals surface area contributed by atoms with Gasteiger partial charge >= 0.3 is 0 Å². The molecule has 2 nitrogen and oxygen atoms in total. The van der Waals surface area contributed by atoms with Crippen molar-refractivity contribution in [2.45, 2.75) is 24.9 Å². The average molecular weight is 256 g/mol. The molecule has 2 aromatic carbocycles. The molecular formula is C17H20O2. The molecule has 2 rings (SSSR count). The van der Waals surface area contributed by atoms with Gasteiger partial charge in [0.1, 0.15) is 0 Å². The van der Waals surface area contributed by atoms with E-state index < -0.39 is 11.5 Å². The minimum absolute atomic E-state index is 0.0174. The molecule has 2 N–H and O–H groups in total. The van der Waals surface area contributed by atoms with E-state index in [0.29, 0.717) is 6.42 Å². The van der Waals surface area contributed by atoms with Crippen molar-refractivity contribution in [1.82, 2.24) is 0 Å². The zero-order valence-electron chi connectivity index (χ0n) is 11.2. The fourth-order valence-corrected chi connectivity index (χ4v) is 2.53. The highest BCUT2D eigenvalue weighted by Gasteiger charge is 2.36. The summed E-state index contributed by atoms with van der Waals surface area (Å²) in [6, 6.07) is 19.9. The lowest BCUT2D eigenvalue weighted by Crippen LogP contribution is -2.38. The van der Waals surface area contributed by atoms with Crippen LogP contribution in [0.5, 0.6) is 0 Å². The SMILES string of the molecule is CC(c1ccccc1)(c1ccccc1)C(O)CCO. The number of rotatable bonds is 5. The second kappa shape index (κ2) is 6.00. The van der Waals surface area contributed by atoms with E-state index >= 15 is 0 Å². The number of hydrogen-bond acceptors (Lipinski definition) is 2. The lowest BCUT2D eigenvalue weighted by atomic mass is 9.71. The van der Waals surface area contributed by atoms with Gasteiger partial charge in [-0.2, -0.15) is 0 Å². The Bertz CT molecular complexity index is 454. The van der Waals surface area contributed by atoms with Gasteiger partial charge in [0.2, 0.25) is 0 Å². The average Bonchev–Trinajstić information content (AvgIpc) is 2.48. The Kier molecular flexibility index (Phi) is 4.35. The molecule has 0 aliphatic carbocycles. The molecule has 0 spiro atoms. The van der Waals surface area contributed by atoms with Crippen LogP contribution < -0.4 is 0 Å². The van der Waals surface area contributed by atoms with Crippen molar-refractivity contribution >= 4 is 0 Å². The Labute approximate surface area is 114 Å². The third-order valence-electron chi connectivity index (χ3n) is 3.82. The maximum atomic E-state index is 10.5. The summed E-state index contributed by atoms with van der Waals surface area (Å²) in [5.74, 6) is 0. The first-order valence-corrected chi connectivity index (χ1v) is 6.59. The molecule has 0 heterocycles. The first-order chi connectivity index (χ1) is 9.19. The molecule has 0 aliphatic rings. The summed E-state index contributed by atoms with van der Waals surface area (Å²) in [5, 5.41) is 19.6. The summed E-state index contributed by atoms with van der Waals surface area (Å²) in [7, 11) is 0. The number of aliphatic hydroxyl groups is 2. The van der Waals surface area contributed by atoms with E-state index in [1.807, 2.05) is 67.6 Å². The zero-order valence-corrected chi connectivity index (χ0v) is 11.2. The Morgan fingerprint density at radius 1 is 0.895 bits per heavy atom. The van der Waals surface area contributed by atoms with Crippen molar-refractivity contribution in [3.05, 3.63) is 71.8 Å². The number of hydrogen-bond donors (Lipinski definition) is 2. The molecule has 0 amide bonds. The Morgan fingerprint density at radius 3 is 1.68 bits per heavy atom. The minimum atomic E-state index is -0.623. The van der Waals surface area contributed by atoms with Crippen LogP contribution >= 0.6 is 0 Å². The Balaban J connectivity index is 2.51. The maximum Gasteiger partial charge on any atom is 0.0696 e. The van der Waals surface area contributed by atoms with E-state index in [9.17, 15) is 5.11 Å². The highest BCUT2D eigenvalue weighted by Crippen LogP contribution is 2.36. The summed E-state index contributed by atoms with van der Waals surface area (Å²) in [6.45, 7) is 2.01. The van der Waals surface area contributed by atoms with Crippen LogP contribution in [0.2, 0.25) is 0 Å². The monoisotopic (exact) mass is 256 g/mol. The minimum Gasteiger partial charge on any atom is -0.396 e. The molecule has 2 aromatic rings. The lowest BCUT2D eigenvalue weighted by Gasteiger charge is -2.35. The van der Waals surface area contributed by atoms with Gasteiger partial charge in [0.25, 0.3) is 0 Å². The largest absolute Gasteiger partial charge is 0.396 e. The molecule has 19 heavy (non-hydrogen) atoms. The fourth-order valence-electron chi connectivity index (χ4n) is 2.53. The number of benzene rings is 2. The molecule has 0 saturated heterocycles. The van der Waals surface area contributed by atoms with Gasteiger partial charge in [-0.15, -0.1) is 0 Å². The molecule has 1 unspecified atom stereocenters. The maximum absolute atomic E-state index is 10.5. The van der Waals surface area contributed by atoms with Gasteiger partial charge in [0.15, 0.2) is 0 Å². The summed E-state index contributed by atoms with van der Waals surface area (Å²) < 4.78 is 0. The van der Waals surface area contributed by atoms with Gasteiger partial charge in [-0.05, 0) is 24.5 Å². The number of aliphatic hydroxyl groups excluding tert-OH is 2. The van der Waals surface area contributed by atoms with Crippen molar-refractivity contribution in [3.63, 3.8) is 0 Å². The van der Waals surface area contributed by atoms with Gasteiger partial charge in [-0.25, -0.2) is 0 Å². The standard InChI is InChI=1S/C17H20O2/c1-17(16(19)12-13-18,14-8-4-2-5-9-14)15-10-6-3-7-11-15/h2-11,16,18-19H,12-13H2,1H3. The van der Waals surface area contributed by atoms with E-state index in [4.69, 9.17) is 5.11 Å². The first-order valence-electron chi connectivity index (χ1n) is 6.59. The topological polar surface area (TPSA) is 40.5 Å². The predicted octanol–water partition coefficient (Wildman–Crippen LogP) is 2.74. The van der Waals surface area contributed by atoms with Crippen molar-refractivity contribution in [2.24, 2.45) is 0 Å². The molecule has 0 aliphatic heterocycles. The van der Waals surface area contributed by atoms with Gasteiger partial charge in [-0.1, -0.05) is 60.7 Å². The summed E-state index contributed by atoms with van der Waals surface area (Å²) in [5.41, 5.74) is 1.61. The van der Waals surface area contributed by atoms with Crippen molar-refractivity contribution in [1.29, 1.82) is 0 Å². The molecule has 0 fully saturated rings. The zero-order chi connectivity index (χ0) is 13.7. The predicted molar refractivity (Wildman–Crippen MR) is 77.0 cm³/mol. The summed E-state index contributed by atoms with van der Waals surface area (Å²) >= 11 is 0. The molecule has 0 aromatic heterocycles. The molecule has 1 atom stereocenters. The van der Waals surface area contributed by atoms with Crippen LogP contribution in [0.15, 0.2) is 60.7 Å². The third-order valence-corrected chi connectivity index (χ3v) is 3.82. The van der Waals surface area contributed by atoms with E-state index in [2.05, 4.69) is 0 Å². The lowest BCUT2D eigenvalue weighted by molar-refractivity contribution is 0.0812. The van der Waals surface area contributed by atoms with E-state index in [-0.39, 0.29) is 6.61 Å². The molecule has 0 radical (unpaired) electrons. The van der Waals surface area contributed by atoms with Crippen LogP contribution in [0.1, 0.15) is 24.5 Å². The van der Waals surface area contributed by atoms with Gasteiger partial charge in [-0.3, -0.25) is 0 Å².